The van der Waals surface area contributed by atoms with Crippen LogP contribution in [-0.4, -0.2) is 25.4 Å². The van der Waals surface area contributed by atoms with Crippen LogP contribution in [0.5, 0.6) is 0 Å². The Balaban J connectivity index is 2.91. The average molecular weight is 309 g/mol. The topological polar surface area (TPSA) is 90.1 Å². The fraction of sp³-hybridized carbons (Fsp3) is 0.600. The predicted octanol–water partition coefficient (Wildman–Crippen LogP) is 2.72. The van der Waals surface area contributed by atoms with E-state index in [1.54, 1.807) is 0 Å². The van der Waals surface area contributed by atoms with Gasteiger partial charge in [-0.3, -0.25) is 14.9 Å². The van der Waals surface area contributed by atoms with Gasteiger partial charge in [-0.1, -0.05) is 43.0 Å². The van der Waals surface area contributed by atoms with Crippen molar-refractivity contribution in [3.8, 4) is 0 Å². The second-order valence-corrected chi connectivity index (χ2v) is 4.95. The summed E-state index contributed by atoms with van der Waals surface area (Å²) in [7, 11) is 0. The minimum absolute atomic E-state index is 0.0115. The monoisotopic (exact) mass is 308 g/mol. The van der Waals surface area contributed by atoms with E-state index in [-0.39, 0.29) is 11.5 Å². The van der Waals surface area contributed by atoms with Gasteiger partial charge in [0.05, 0.1) is 4.92 Å². The van der Waals surface area contributed by atoms with Crippen LogP contribution in [0, 0.1) is 10.1 Å². The maximum Gasteiger partial charge on any atom is 0.331 e. The first-order chi connectivity index (χ1) is 8.97. The first-order valence-electron chi connectivity index (χ1n) is 5.76. The van der Waals surface area contributed by atoms with E-state index in [2.05, 4.69) is 10.4 Å². The van der Waals surface area contributed by atoms with Gasteiger partial charge in [0.1, 0.15) is 6.20 Å². The summed E-state index contributed by atoms with van der Waals surface area (Å²) < 4.78 is 1.38. The molecule has 1 rings (SSSR count). The molecular formula is C10H14Cl2N4O3. The number of unbranched alkanes of at least 4 members (excludes halogenated alkanes) is 2. The van der Waals surface area contributed by atoms with Crippen LogP contribution in [-0.2, 0) is 11.3 Å². The molecule has 1 N–H and O–H groups in total. The van der Waals surface area contributed by atoms with Crippen LogP contribution >= 0.6 is 23.2 Å². The summed E-state index contributed by atoms with van der Waals surface area (Å²) in [6, 6.07) is 0. The number of rotatable bonds is 7. The molecule has 0 radical (unpaired) electrons. The quantitative estimate of drug-likeness (QED) is 0.363. The van der Waals surface area contributed by atoms with Crippen LogP contribution in [0.2, 0.25) is 0 Å². The molecule has 0 atom stereocenters. The Morgan fingerprint density at radius 1 is 1.58 bits per heavy atom. The highest BCUT2D eigenvalue weighted by atomic mass is 35.5. The Morgan fingerprint density at radius 2 is 2.26 bits per heavy atom. The number of carbonyl (C=O) groups is 1. The lowest BCUT2D eigenvalue weighted by Gasteiger charge is -2.08. The van der Waals surface area contributed by atoms with Crippen molar-refractivity contribution < 1.29 is 9.72 Å². The molecule has 0 unspecified atom stereocenters. The Morgan fingerprint density at radius 3 is 2.79 bits per heavy atom. The van der Waals surface area contributed by atoms with Crippen LogP contribution < -0.4 is 5.32 Å². The summed E-state index contributed by atoms with van der Waals surface area (Å²) in [6.07, 6.45) is 3.88. The summed E-state index contributed by atoms with van der Waals surface area (Å²) in [4.78, 5) is 20.4. The Labute approximate surface area is 120 Å². The molecule has 7 nitrogen and oxygen atoms in total. The van der Waals surface area contributed by atoms with Crippen molar-refractivity contribution in [3.63, 3.8) is 0 Å². The van der Waals surface area contributed by atoms with Gasteiger partial charge in [0.25, 0.3) is 5.91 Å². The number of nitrogens with one attached hydrogen (secondary N) is 1. The molecule has 0 aliphatic heterocycles. The lowest BCUT2D eigenvalue weighted by molar-refractivity contribution is -0.384. The van der Waals surface area contributed by atoms with Crippen LogP contribution in [0.15, 0.2) is 6.20 Å². The number of hydrogen-bond donors (Lipinski definition) is 1. The van der Waals surface area contributed by atoms with Gasteiger partial charge in [-0.15, -0.1) is 0 Å². The Kier molecular flexibility index (Phi) is 6.04. The molecule has 0 fully saturated rings. The Hall–Kier alpha value is -1.34. The second-order valence-electron chi connectivity index (χ2n) is 3.86. The van der Waals surface area contributed by atoms with Crippen molar-refractivity contribution in [2.75, 3.05) is 5.32 Å². The maximum absolute atomic E-state index is 11.4. The van der Waals surface area contributed by atoms with Crippen LogP contribution in [0.3, 0.4) is 0 Å². The number of carbonyl (C=O) groups excluding carboxylic acids is 1. The summed E-state index contributed by atoms with van der Waals surface area (Å²) in [5.41, 5.74) is -0.279. The molecular weight excluding hydrogens is 295 g/mol. The maximum atomic E-state index is 11.4. The van der Waals surface area contributed by atoms with E-state index in [1.165, 1.54) is 4.68 Å². The molecule has 9 heteroatoms. The molecule has 1 aromatic rings. The highest BCUT2D eigenvalue weighted by Crippen LogP contribution is 2.25. The lowest BCUT2D eigenvalue weighted by atomic mass is 10.2. The smallest absolute Gasteiger partial charge is 0.303 e. The molecule has 1 amide bonds. The van der Waals surface area contributed by atoms with Gasteiger partial charge in [-0.25, -0.2) is 4.68 Å². The molecule has 106 valence electrons. The number of hydrogen-bond acceptors (Lipinski definition) is 4. The van der Waals surface area contributed by atoms with E-state index >= 15 is 0 Å². The lowest BCUT2D eigenvalue weighted by Crippen LogP contribution is -2.21. The van der Waals surface area contributed by atoms with Crippen LogP contribution in [0.25, 0.3) is 0 Å². The summed E-state index contributed by atoms with van der Waals surface area (Å²) in [5.74, 6) is -0.707. The van der Waals surface area contributed by atoms with E-state index < -0.39 is 15.7 Å². The molecule has 0 saturated carbocycles. The standard InChI is InChI=1S/C10H14Cl2N4O3/c1-2-3-4-5-15-9(14-10(17)8(11)12)7(6-13-15)16(18)19/h6,8H,2-5H2,1H3,(H,14,17). The summed E-state index contributed by atoms with van der Waals surface area (Å²) in [5, 5.41) is 17.1. The number of halogens is 2. The molecule has 0 aromatic carbocycles. The minimum Gasteiger partial charge on any atom is -0.303 e. The van der Waals surface area contributed by atoms with Gasteiger partial charge in [0.15, 0.2) is 4.84 Å². The van der Waals surface area contributed by atoms with Gasteiger partial charge in [-0.05, 0) is 6.42 Å². The fourth-order valence-electron chi connectivity index (χ4n) is 1.49. The molecule has 1 heterocycles. The van der Waals surface area contributed by atoms with E-state index in [1.807, 2.05) is 6.92 Å². The summed E-state index contributed by atoms with van der Waals surface area (Å²) >= 11 is 10.8. The molecule has 0 bridgehead atoms. The number of alkyl halides is 2. The minimum atomic E-state index is -1.29. The number of anilines is 1. The molecule has 0 aliphatic rings. The fourth-order valence-corrected chi connectivity index (χ4v) is 1.60. The van der Waals surface area contributed by atoms with Gasteiger partial charge >= 0.3 is 5.69 Å². The molecule has 1 aromatic heterocycles. The first-order valence-corrected chi connectivity index (χ1v) is 6.63. The normalized spacial score (nSPS) is 10.7. The second kappa shape index (κ2) is 7.30. The largest absolute Gasteiger partial charge is 0.331 e. The third kappa shape index (κ3) is 4.36. The predicted molar refractivity (Wildman–Crippen MR) is 72.5 cm³/mol. The van der Waals surface area contributed by atoms with Gasteiger partial charge in [-0.2, -0.15) is 5.10 Å². The van der Waals surface area contributed by atoms with Crippen molar-refractivity contribution in [2.45, 2.75) is 37.6 Å². The van der Waals surface area contributed by atoms with Crippen molar-refractivity contribution in [3.05, 3.63) is 16.3 Å². The van der Waals surface area contributed by atoms with E-state index in [0.717, 1.165) is 25.5 Å². The number of amides is 1. The van der Waals surface area contributed by atoms with Gasteiger partial charge in [0, 0.05) is 6.54 Å². The third-order valence-electron chi connectivity index (χ3n) is 2.43. The third-order valence-corrected chi connectivity index (χ3v) is 2.83. The van der Waals surface area contributed by atoms with Crippen molar-refractivity contribution in [1.82, 2.24) is 9.78 Å². The molecule has 0 aliphatic carbocycles. The number of nitro groups is 1. The van der Waals surface area contributed by atoms with Crippen molar-refractivity contribution in [2.24, 2.45) is 0 Å². The van der Waals surface area contributed by atoms with E-state index in [9.17, 15) is 14.9 Å². The molecule has 0 saturated heterocycles. The van der Waals surface area contributed by atoms with Crippen molar-refractivity contribution in [1.29, 1.82) is 0 Å². The first kappa shape index (κ1) is 15.7. The zero-order valence-electron chi connectivity index (χ0n) is 10.3. The SMILES string of the molecule is CCCCCn1ncc([N+](=O)[O-])c1NC(=O)C(Cl)Cl. The number of nitrogens with zero attached hydrogens (tertiary/aromatic N) is 3. The van der Waals surface area contributed by atoms with Crippen LogP contribution in [0.4, 0.5) is 11.5 Å². The molecule has 0 spiro atoms. The number of aryl methyl sites for hydroxylation is 1. The van der Waals surface area contributed by atoms with Crippen LogP contribution in [0.1, 0.15) is 26.2 Å². The molecule has 19 heavy (non-hydrogen) atoms. The zero-order chi connectivity index (χ0) is 14.4. The summed E-state index contributed by atoms with van der Waals surface area (Å²) in [6.45, 7) is 2.52. The van der Waals surface area contributed by atoms with Gasteiger partial charge in [0.2, 0.25) is 5.82 Å². The van der Waals surface area contributed by atoms with Crippen molar-refractivity contribution >= 4 is 40.6 Å². The highest BCUT2D eigenvalue weighted by molar-refractivity contribution is 6.54. The zero-order valence-corrected chi connectivity index (χ0v) is 11.8. The Bertz CT molecular complexity index is 462. The highest BCUT2D eigenvalue weighted by Gasteiger charge is 2.24. The average Bonchev–Trinajstić information content (AvgIpc) is 2.73. The van der Waals surface area contributed by atoms with Gasteiger partial charge < -0.3 is 5.32 Å². The number of aromatic nitrogens is 2. The van der Waals surface area contributed by atoms with E-state index in [4.69, 9.17) is 23.2 Å². The van der Waals surface area contributed by atoms with E-state index in [0.29, 0.717) is 6.54 Å².